The highest BCUT2D eigenvalue weighted by Gasteiger charge is 2.17. The number of allylic oxidation sites excluding steroid dienone is 1. The van der Waals surface area contributed by atoms with Gasteiger partial charge in [-0.3, -0.25) is 4.79 Å². The van der Waals surface area contributed by atoms with Crippen molar-refractivity contribution < 1.29 is 4.79 Å². The molecule has 0 aromatic rings. The molecule has 1 aliphatic rings. The molecule has 0 aliphatic carbocycles. The van der Waals surface area contributed by atoms with Crippen molar-refractivity contribution in [2.45, 2.75) is 33.6 Å². The third-order valence-electron chi connectivity index (χ3n) is 1.91. The van der Waals surface area contributed by atoms with Crippen LogP contribution in [-0.4, -0.2) is 24.4 Å². The van der Waals surface area contributed by atoms with Gasteiger partial charge in [-0.05, 0) is 19.8 Å². The molecule has 0 atom stereocenters. The highest BCUT2D eigenvalue weighted by Crippen LogP contribution is 2.14. The van der Waals surface area contributed by atoms with E-state index in [-0.39, 0.29) is 5.91 Å². The molecule has 1 saturated heterocycles. The van der Waals surface area contributed by atoms with E-state index >= 15 is 0 Å². The fraction of sp³-hybridized carbons (Fsp3) is 0.700. The van der Waals surface area contributed by atoms with Crippen LogP contribution < -0.4 is 0 Å². The van der Waals surface area contributed by atoms with Gasteiger partial charge in [0.2, 0.25) is 5.91 Å². The number of carbonyl (C=O) groups excluding carboxylic acids is 1. The van der Waals surface area contributed by atoms with Crippen molar-refractivity contribution >= 4 is 5.91 Å². The van der Waals surface area contributed by atoms with E-state index in [4.69, 9.17) is 0 Å². The van der Waals surface area contributed by atoms with E-state index in [9.17, 15) is 4.79 Å². The zero-order chi connectivity index (χ0) is 9.56. The molecule has 0 radical (unpaired) electrons. The number of rotatable bonds is 0. The number of likely N-dealkylation sites (N-methyl/N-ethyl adjacent to an activating group) is 1. The average molecular weight is 169 g/mol. The number of likely N-dealkylation sites (tertiary alicyclic amines) is 1. The number of hydrogen-bond donors (Lipinski definition) is 0. The fourth-order valence-electron chi connectivity index (χ4n) is 1.23. The molecule has 1 rings (SSSR count). The van der Waals surface area contributed by atoms with E-state index in [1.807, 2.05) is 33.9 Å². The second-order valence-corrected chi connectivity index (χ2v) is 2.64. The van der Waals surface area contributed by atoms with E-state index in [2.05, 4.69) is 0 Å². The van der Waals surface area contributed by atoms with E-state index in [1.54, 1.807) is 4.90 Å². The van der Waals surface area contributed by atoms with E-state index < -0.39 is 0 Å². The SMILES string of the molecule is C/C=C1\CCCN(C)C1=O.CC. The maximum atomic E-state index is 11.2. The first-order chi connectivity index (χ1) is 5.75. The first-order valence-corrected chi connectivity index (χ1v) is 4.66. The van der Waals surface area contributed by atoms with Gasteiger partial charge in [0.15, 0.2) is 0 Å². The average Bonchev–Trinajstić information content (AvgIpc) is 2.13. The molecule has 0 unspecified atom stereocenters. The topological polar surface area (TPSA) is 20.3 Å². The van der Waals surface area contributed by atoms with Crippen molar-refractivity contribution in [3.05, 3.63) is 11.6 Å². The van der Waals surface area contributed by atoms with Gasteiger partial charge in [0, 0.05) is 19.2 Å². The lowest BCUT2D eigenvalue weighted by molar-refractivity contribution is -0.127. The van der Waals surface area contributed by atoms with Gasteiger partial charge in [-0.25, -0.2) is 0 Å². The van der Waals surface area contributed by atoms with E-state index in [0.717, 1.165) is 25.0 Å². The van der Waals surface area contributed by atoms with Crippen LogP contribution in [0.4, 0.5) is 0 Å². The Balaban J connectivity index is 0.000000561. The minimum Gasteiger partial charge on any atom is -0.342 e. The summed E-state index contributed by atoms with van der Waals surface area (Å²) in [5.41, 5.74) is 0.966. The van der Waals surface area contributed by atoms with Gasteiger partial charge in [0.1, 0.15) is 0 Å². The van der Waals surface area contributed by atoms with Crippen LogP contribution in [0.3, 0.4) is 0 Å². The number of amides is 1. The van der Waals surface area contributed by atoms with Crippen molar-refractivity contribution in [1.29, 1.82) is 0 Å². The molecule has 12 heavy (non-hydrogen) atoms. The Morgan fingerprint density at radius 2 is 2.00 bits per heavy atom. The molecular formula is C10H19NO. The van der Waals surface area contributed by atoms with Crippen LogP contribution in [0.2, 0.25) is 0 Å². The van der Waals surface area contributed by atoms with Gasteiger partial charge < -0.3 is 4.90 Å². The zero-order valence-electron chi connectivity index (χ0n) is 8.55. The van der Waals surface area contributed by atoms with Crippen LogP contribution in [0.1, 0.15) is 33.6 Å². The quantitative estimate of drug-likeness (QED) is 0.509. The third-order valence-corrected chi connectivity index (χ3v) is 1.91. The van der Waals surface area contributed by atoms with Crippen LogP contribution in [0.15, 0.2) is 11.6 Å². The predicted octanol–water partition coefficient (Wildman–Crippen LogP) is 2.21. The predicted molar refractivity (Wildman–Crippen MR) is 52.0 cm³/mol. The Morgan fingerprint density at radius 3 is 2.42 bits per heavy atom. The first kappa shape index (κ1) is 11.2. The number of nitrogens with zero attached hydrogens (tertiary/aromatic N) is 1. The molecule has 0 aromatic heterocycles. The summed E-state index contributed by atoms with van der Waals surface area (Å²) in [7, 11) is 1.85. The molecule has 0 aromatic carbocycles. The van der Waals surface area contributed by atoms with Crippen molar-refractivity contribution in [2.24, 2.45) is 0 Å². The molecule has 1 aliphatic heterocycles. The molecule has 0 spiro atoms. The smallest absolute Gasteiger partial charge is 0.249 e. The summed E-state index contributed by atoms with van der Waals surface area (Å²) in [5, 5.41) is 0. The fourth-order valence-corrected chi connectivity index (χ4v) is 1.23. The Bertz CT molecular complexity index is 173. The molecule has 0 saturated carbocycles. The monoisotopic (exact) mass is 169 g/mol. The van der Waals surface area contributed by atoms with Crippen molar-refractivity contribution in [3.8, 4) is 0 Å². The van der Waals surface area contributed by atoms with Gasteiger partial charge in [0.05, 0.1) is 0 Å². The van der Waals surface area contributed by atoms with Crippen LogP contribution in [-0.2, 0) is 4.79 Å². The van der Waals surface area contributed by atoms with Gasteiger partial charge in [0.25, 0.3) is 0 Å². The van der Waals surface area contributed by atoms with E-state index in [1.165, 1.54) is 0 Å². The summed E-state index contributed by atoms with van der Waals surface area (Å²) in [5.74, 6) is 0.203. The normalized spacial score (nSPS) is 20.5. The van der Waals surface area contributed by atoms with Crippen molar-refractivity contribution in [2.75, 3.05) is 13.6 Å². The maximum absolute atomic E-state index is 11.2. The summed E-state index contributed by atoms with van der Waals surface area (Å²) < 4.78 is 0. The van der Waals surface area contributed by atoms with Crippen LogP contribution >= 0.6 is 0 Å². The second kappa shape index (κ2) is 5.81. The molecule has 70 valence electrons. The van der Waals surface area contributed by atoms with Gasteiger partial charge >= 0.3 is 0 Å². The minimum absolute atomic E-state index is 0.203. The maximum Gasteiger partial charge on any atom is 0.249 e. The zero-order valence-corrected chi connectivity index (χ0v) is 8.55. The minimum atomic E-state index is 0.203. The van der Waals surface area contributed by atoms with Crippen LogP contribution in [0.25, 0.3) is 0 Å². The highest BCUT2D eigenvalue weighted by molar-refractivity contribution is 5.93. The third kappa shape index (κ3) is 2.68. The molecular weight excluding hydrogens is 150 g/mol. The lowest BCUT2D eigenvalue weighted by Gasteiger charge is -2.23. The van der Waals surface area contributed by atoms with Crippen molar-refractivity contribution in [1.82, 2.24) is 4.90 Å². The number of piperidine rings is 1. The first-order valence-electron chi connectivity index (χ1n) is 4.66. The molecule has 1 amide bonds. The summed E-state index contributed by atoms with van der Waals surface area (Å²) in [6, 6.07) is 0. The summed E-state index contributed by atoms with van der Waals surface area (Å²) in [6.07, 6.45) is 3.99. The summed E-state index contributed by atoms with van der Waals surface area (Å²) >= 11 is 0. The number of carbonyl (C=O) groups is 1. The Hall–Kier alpha value is -0.790. The van der Waals surface area contributed by atoms with Crippen molar-refractivity contribution in [3.63, 3.8) is 0 Å². The Morgan fingerprint density at radius 1 is 1.42 bits per heavy atom. The molecule has 2 heteroatoms. The molecule has 0 bridgehead atoms. The molecule has 0 N–H and O–H groups in total. The molecule has 1 fully saturated rings. The van der Waals surface area contributed by atoms with Crippen LogP contribution in [0.5, 0.6) is 0 Å². The Kier molecular flexibility index (Phi) is 5.43. The Labute approximate surface area is 75.3 Å². The second-order valence-electron chi connectivity index (χ2n) is 2.64. The molecule has 2 nitrogen and oxygen atoms in total. The van der Waals surface area contributed by atoms with Crippen LogP contribution in [0, 0.1) is 0 Å². The van der Waals surface area contributed by atoms with Gasteiger partial charge in [-0.15, -0.1) is 0 Å². The lowest BCUT2D eigenvalue weighted by Crippen LogP contribution is -2.33. The summed E-state index contributed by atoms with van der Waals surface area (Å²) in [4.78, 5) is 13.0. The molecule has 1 heterocycles. The summed E-state index contributed by atoms with van der Waals surface area (Å²) in [6.45, 7) is 6.84. The number of hydrogen-bond acceptors (Lipinski definition) is 1. The standard InChI is InChI=1S/C8H13NO.C2H6/c1-3-7-5-4-6-9(2)8(7)10;1-2/h3H,4-6H2,1-2H3;1-2H3/b7-3+;. The lowest BCUT2D eigenvalue weighted by atomic mass is 10.0. The van der Waals surface area contributed by atoms with Gasteiger partial charge in [-0.1, -0.05) is 19.9 Å². The van der Waals surface area contributed by atoms with E-state index in [0.29, 0.717) is 0 Å². The van der Waals surface area contributed by atoms with Gasteiger partial charge in [-0.2, -0.15) is 0 Å². The highest BCUT2D eigenvalue weighted by atomic mass is 16.2. The largest absolute Gasteiger partial charge is 0.342 e.